The Kier molecular flexibility index (Phi) is 6.03. The van der Waals surface area contributed by atoms with E-state index in [1.807, 2.05) is 24.3 Å². The van der Waals surface area contributed by atoms with E-state index in [4.69, 9.17) is 9.47 Å². The number of esters is 1. The van der Waals surface area contributed by atoms with Gasteiger partial charge in [0.05, 0.1) is 18.8 Å². The fraction of sp³-hybridized carbons (Fsp3) is 0.333. The molecule has 2 heterocycles. The zero-order valence-electron chi connectivity index (χ0n) is 16.6. The summed E-state index contributed by atoms with van der Waals surface area (Å²) in [6.45, 7) is 0.615. The Hall–Kier alpha value is -2.82. The second-order valence-electron chi connectivity index (χ2n) is 7.16. The lowest BCUT2D eigenvalue weighted by molar-refractivity contribution is -0.121. The maximum atomic E-state index is 14.3. The van der Waals surface area contributed by atoms with Crippen LogP contribution in [-0.2, 0) is 30.7 Å². The SMILES string of the molecule is O=C(OCC(=O)N1CCc2ccccc21)c1ccc(F)c(S(=O)(=O)N2CCOCC2)c1. The summed E-state index contributed by atoms with van der Waals surface area (Å²) in [5.41, 5.74) is 1.67. The van der Waals surface area contributed by atoms with Gasteiger partial charge in [-0.3, -0.25) is 4.79 Å². The number of hydrogen-bond acceptors (Lipinski definition) is 6. The molecule has 0 bridgehead atoms. The highest BCUT2D eigenvalue weighted by molar-refractivity contribution is 7.89. The number of nitrogens with zero attached hydrogens (tertiary/aromatic N) is 2. The first kappa shape index (κ1) is 21.4. The molecule has 2 aromatic rings. The number of carbonyl (C=O) groups is 2. The number of benzene rings is 2. The number of ether oxygens (including phenoxy) is 2. The molecule has 0 saturated carbocycles. The van der Waals surface area contributed by atoms with Crippen molar-refractivity contribution < 1.29 is 31.9 Å². The number of rotatable bonds is 5. The zero-order valence-corrected chi connectivity index (χ0v) is 17.4. The number of hydrogen-bond donors (Lipinski definition) is 0. The van der Waals surface area contributed by atoms with Gasteiger partial charge in [0, 0.05) is 25.3 Å². The van der Waals surface area contributed by atoms with Crippen LogP contribution in [0.25, 0.3) is 0 Å². The molecule has 2 aliphatic rings. The maximum Gasteiger partial charge on any atom is 0.338 e. The van der Waals surface area contributed by atoms with Gasteiger partial charge in [0.1, 0.15) is 10.7 Å². The fourth-order valence-corrected chi connectivity index (χ4v) is 5.14. The summed E-state index contributed by atoms with van der Waals surface area (Å²) in [5.74, 6) is -2.26. The molecule has 10 heteroatoms. The van der Waals surface area contributed by atoms with Crippen LogP contribution in [0.1, 0.15) is 15.9 Å². The highest BCUT2D eigenvalue weighted by atomic mass is 32.2. The van der Waals surface area contributed by atoms with Crippen molar-refractivity contribution in [1.29, 1.82) is 0 Å². The van der Waals surface area contributed by atoms with Gasteiger partial charge >= 0.3 is 5.97 Å². The van der Waals surface area contributed by atoms with Crippen molar-refractivity contribution in [3.05, 3.63) is 59.4 Å². The van der Waals surface area contributed by atoms with E-state index in [1.165, 1.54) is 0 Å². The van der Waals surface area contributed by atoms with E-state index < -0.39 is 33.3 Å². The number of anilines is 1. The Morgan fingerprint density at radius 2 is 1.81 bits per heavy atom. The molecule has 0 unspecified atom stereocenters. The summed E-state index contributed by atoms with van der Waals surface area (Å²) in [5, 5.41) is 0. The summed E-state index contributed by atoms with van der Waals surface area (Å²) in [7, 11) is -4.13. The molecule has 2 aromatic carbocycles. The van der Waals surface area contributed by atoms with Crippen LogP contribution >= 0.6 is 0 Å². The predicted octanol–water partition coefficient (Wildman–Crippen LogP) is 1.59. The van der Waals surface area contributed by atoms with E-state index in [1.54, 1.807) is 4.90 Å². The normalized spacial score (nSPS) is 16.7. The molecule has 0 atom stereocenters. The number of carbonyl (C=O) groups excluding carboxylic acids is 2. The molecular formula is C21H21FN2O6S. The largest absolute Gasteiger partial charge is 0.452 e. The van der Waals surface area contributed by atoms with Crippen LogP contribution < -0.4 is 4.90 Å². The molecule has 2 aliphatic heterocycles. The van der Waals surface area contributed by atoms with E-state index in [0.717, 1.165) is 40.2 Å². The molecule has 4 rings (SSSR count). The zero-order chi connectivity index (χ0) is 22.0. The first-order valence-corrected chi connectivity index (χ1v) is 11.2. The second-order valence-corrected chi connectivity index (χ2v) is 9.07. The summed E-state index contributed by atoms with van der Waals surface area (Å²) >= 11 is 0. The molecule has 8 nitrogen and oxygen atoms in total. The molecular weight excluding hydrogens is 427 g/mol. The lowest BCUT2D eigenvalue weighted by Crippen LogP contribution is -2.41. The summed E-state index contributed by atoms with van der Waals surface area (Å²) in [6.07, 6.45) is 0.719. The first-order chi connectivity index (χ1) is 14.9. The van der Waals surface area contributed by atoms with Crippen molar-refractivity contribution in [2.45, 2.75) is 11.3 Å². The van der Waals surface area contributed by atoms with Gasteiger partial charge in [0.25, 0.3) is 5.91 Å². The minimum Gasteiger partial charge on any atom is -0.452 e. The van der Waals surface area contributed by atoms with E-state index in [0.29, 0.717) is 6.54 Å². The molecule has 0 aliphatic carbocycles. The van der Waals surface area contributed by atoms with E-state index in [9.17, 15) is 22.4 Å². The second kappa shape index (κ2) is 8.74. The van der Waals surface area contributed by atoms with Crippen LogP contribution in [0.15, 0.2) is 47.4 Å². The fourth-order valence-electron chi connectivity index (χ4n) is 3.64. The van der Waals surface area contributed by atoms with Crippen LogP contribution in [0.4, 0.5) is 10.1 Å². The Labute approximate surface area is 179 Å². The van der Waals surface area contributed by atoms with Crippen molar-refractivity contribution >= 4 is 27.6 Å². The van der Waals surface area contributed by atoms with E-state index >= 15 is 0 Å². The van der Waals surface area contributed by atoms with Crippen LogP contribution in [0.5, 0.6) is 0 Å². The van der Waals surface area contributed by atoms with Crippen LogP contribution in [0.3, 0.4) is 0 Å². The third-order valence-electron chi connectivity index (χ3n) is 5.27. The quantitative estimate of drug-likeness (QED) is 0.645. The van der Waals surface area contributed by atoms with Gasteiger partial charge in [0.15, 0.2) is 6.61 Å². The lowest BCUT2D eigenvalue weighted by Gasteiger charge is -2.26. The van der Waals surface area contributed by atoms with Crippen LogP contribution in [-0.4, -0.2) is 64.1 Å². The van der Waals surface area contributed by atoms with Gasteiger partial charge in [0.2, 0.25) is 10.0 Å². The maximum absolute atomic E-state index is 14.3. The molecule has 1 saturated heterocycles. The molecule has 0 N–H and O–H groups in total. The number of amides is 1. The molecule has 0 aromatic heterocycles. The van der Waals surface area contributed by atoms with Crippen molar-refractivity contribution in [2.75, 3.05) is 44.4 Å². The van der Waals surface area contributed by atoms with Gasteiger partial charge in [-0.15, -0.1) is 0 Å². The predicted molar refractivity (Wildman–Crippen MR) is 109 cm³/mol. The highest BCUT2D eigenvalue weighted by Crippen LogP contribution is 2.27. The van der Waals surface area contributed by atoms with Gasteiger partial charge in [-0.25, -0.2) is 17.6 Å². The van der Waals surface area contributed by atoms with Crippen LogP contribution in [0.2, 0.25) is 0 Å². The summed E-state index contributed by atoms with van der Waals surface area (Å²) < 4.78 is 51.1. The number of morpholine rings is 1. The van der Waals surface area contributed by atoms with Gasteiger partial charge in [-0.1, -0.05) is 18.2 Å². The molecule has 1 fully saturated rings. The van der Waals surface area contributed by atoms with Crippen molar-refractivity contribution in [1.82, 2.24) is 4.31 Å². The molecule has 164 valence electrons. The standard InChI is InChI=1S/C21H21FN2O6S/c22-17-6-5-16(13-19(17)31(27,28)23-9-11-29-12-10-23)21(26)30-14-20(25)24-8-7-15-3-1-2-4-18(15)24/h1-6,13H,7-12,14H2. The van der Waals surface area contributed by atoms with E-state index in [2.05, 4.69) is 0 Å². The molecule has 0 radical (unpaired) electrons. The molecule has 31 heavy (non-hydrogen) atoms. The Morgan fingerprint density at radius 1 is 1.06 bits per heavy atom. The van der Waals surface area contributed by atoms with Crippen molar-refractivity contribution in [3.63, 3.8) is 0 Å². The van der Waals surface area contributed by atoms with Gasteiger partial charge < -0.3 is 14.4 Å². The molecule has 0 spiro atoms. The first-order valence-electron chi connectivity index (χ1n) is 9.81. The summed E-state index contributed by atoms with van der Waals surface area (Å²) in [4.78, 5) is 25.9. The monoisotopic (exact) mass is 448 g/mol. The van der Waals surface area contributed by atoms with E-state index in [-0.39, 0.29) is 37.8 Å². The highest BCUT2D eigenvalue weighted by Gasteiger charge is 2.30. The Balaban J connectivity index is 1.46. The minimum absolute atomic E-state index is 0.0995. The van der Waals surface area contributed by atoms with Crippen molar-refractivity contribution in [3.8, 4) is 0 Å². The third kappa shape index (κ3) is 4.32. The average molecular weight is 448 g/mol. The van der Waals surface area contributed by atoms with Gasteiger partial charge in [-0.2, -0.15) is 4.31 Å². The smallest absolute Gasteiger partial charge is 0.338 e. The number of fused-ring (bicyclic) bond motifs is 1. The summed E-state index contributed by atoms with van der Waals surface area (Å²) in [6, 6.07) is 10.5. The number of sulfonamides is 1. The average Bonchev–Trinajstić information content (AvgIpc) is 3.22. The van der Waals surface area contributed by atoms with Gasteiger partial charge in [-0.05, 0) is 36.2 Å². The molecule has 1 amide bonds. The Bertz CT molecular complexity index is 1110. The number of para-hydroxylation sites is 1. The lowest BCUT2D eigenvalue weighted by atomic mass is 10.2. The number of halogens is 1. The third-order valence-corrected chi connectivity index (χ3v) is 7.18. The minimum atomic E-state index is -4.13. The topological polar surface area (TPSA) is 93.2 Å². The van der Waals surface area contributed by atoms with Crippen LogP contribution in [0, 0.1) is 5.82 Å². The van der Waals surface area contributed by atoms with Crippen molar-refractivity contribution in [2.24, 2.45) is 0 Å². The Morgan fingerprint density at radius 3 is 2.58 bits per heavy atom.